The van der Waals surface area contributed by atoms with Gasteiger partial charge >= 0.3 is 0 Å². The summed E-state index contributed by atoms with van der Waals surface area (Å²) in [6.07, 6.45) is 1.03. The van der Waals surface area contributed by atoms with E-state index in [-0.39, 0.29) is 36.7 Å². The van der Waals surface area contributed by atoms with Crippen LogP contribution in [0.4, 0.5) is 4.39 Å². The molecule has 25 heavy (non-hydrogen) atoms. The number of nitrogens with zero attached hydrogens (tertiary/aromatic N) is 2. The van der Waals surface area contributed by atoms with Gasteiger partial charge in [0.25, 0.3) is 0 Å². The number of carbonyl (C=O) groups excluding carboxylic acids is 1. The Balaban J connectivity index is 1.92. The molecule has 136 valence electrons. The van der Waals surface area contributed by atoms with E-state index in [0.29, 0.717) is 35.7 Å². The molecule has 0 spiro atoms. The minimum atomic E-state index is -0.327. The maximum atomic E-state index is 13.6. The minimum Gasteiger partial charge on any atom is -0.396 e. The fourth-order valence-corrected chi connectivity index (χ4v) is 2.42. The summed E-state index contributed by atoms with van der Waals surface area (Å²) in [4.78, 5) is 16.2. The molecule has 7 heteroatoms. The molecule has 0 saturated heterocycles. The number of hydrogen-bond acceptors (Lipinski definition) is 5. The van der Waals surface area contributed by atoms with Crippen molar-refractivity contribution in [1.82, 2.24) is 15.5 Å². The van der Waals surface area contributed by atoms with Gasteiger partial charge in [-0.3, -0.25) is 4.79 Å². The average Bonchev–Trinajstić information content (AvgIpc) is 3.04. The third kappa shape index (κ3) is 5.35. The number of aryl methyl sites for hydroxylation is 2. The highest BCUT2D eigenvalue weighted by atomic mass is 19.1. The highest BCUT2D eigenvalue weighted by molar-refractivity contribution is 5.76. The van der Waals surface area contributed by atoms with Crippen LogP contribution in [0.25, 0.3) is 11.4 Å². The molecular weight excluding hydrogens is 325 g/mol. The summed E-state index contributed by atoms with van der Waals surface area (Å²) in [7, 11) is 0. The Morgan fingerprint density at radius 3 is 2.80 bits per heavy atom. The van der Waals surface area contributed by atoms with Crippen LogP contribution in [0.3, 0.4) is 0 Å². The first kappa shape index (κ1) is 19.1. The first-order valence-electron chi connectivity index (χ1n) is 8.40. The Morgan fingerprint density at radius 1 is 1.40 bits per heavy atom. The van der Waals surface area contributed by atoms with E-state index in [1.807, 2.05) is 13.8 Å². The first-order valence-corrected chi connectivity index (χ1v) is 8.40. The molecule has 2 aromatic rings. The SMILES string of the molecule is Cc1ccc(-c2noc(CCC(=O)NC(CCO)C(C)C)n2)cc1F. The van der Waals surface area contributed by atoms with Crippen LogP contribution in [0.1, 0.15) is 38.1 Å². The standard InChI is InChI=1S/C18H24FN3O3/c1-11(2)15(8-9-23)20-16(24)6-7-17-21-18(22-25-17)13-5-4-12(3)14(19)10-13/h4-5,10-11,15,23H,6-9H2,1-3H3,(H,20,24). The van der Waals surface area contributed by atoms with Crippen LogP contribution in [-0.4, -0.2) is 33.8 Å². The van der Waals surface area contributed by atoms with Crippen LogP contribution in [0.5, 0.6) is 0 Å². The van der Waals surface area contributed by atoms with Crippen LogP contribution >= 0.6 is 0 Å². The number of aliphatic hydroxyl groups excluding tert-OH is 1. The van der Waals surface area contributed by atoms with Gasteiger partial charge in [-0.2, -0.15) is 4.98 Å². The summed E-state index contributed by atoms with van der Waals surface area (Å²) in [5, 5.41) is 15.8. The van der Waals surface area contributed by atoms with Crippen LogP contribution in [0, 0.1) is 18.7 Å². The number of carbonyl (C=O) groups is 1. The molecule has 1 unspecified atom stereocenters. The number of amides is 1. The molecule has 1 aromatic carbocycles. The summed E-state index contributed by atoms with van der Waals surface area (Å²) in [6, 6.07) is 4.67. The summed E-state index contributed by atoms with van der Waals surface area (Å²) in [6.45, 7) is 5.70. The van der Waals surface area contributed by atoms with E-state index < -0.39 is 0 Å². The molecule has 2 rings (SSSR count). The summed E-state index contributed by atoms with van der Waals surface area (Å²) < 4.78 is 18.8. The lowest BCUT2D eigenvalue weighted by atomic mass is 10.0. The Hall–Kier alpha value is -2.28. The number of nitrogens with one attached hydrogen (secondary N) is 1. The Morgan fingerprint density at radius 2 is 2.16 bits per heavy atom. The van der Waals surface area contributed by atoms with Gasteiger partial charge in [0, 0.05) is 31.1 Å². The number of halogens is 1. The number of aliphatic hydroxyl groups is 1. The highest BCUT2D eigenvalue weighted by Gasteiger charge is 2.17. The smallest absolute Gasteiger partial charge is 0.227 e. The molecule has 0 aliphatic rings. The highest BCUT2D eigenvalue weighted by Crippen LogP contribution is 2.19. The lowest BCUT2D eigenvalue weighted by Crippen LogP contribution is -2.39. The van der Waals surface area contributed by atoms with E-state index in [1.54, 1.807) is 19.1 Å². The molecule has 0 fully saturated rings. The van der Waals surface area contributed by atoms with Crippen LogP contribution in [0.2, 0.25) is 0 Å². The maximum Gasteiger partial charge on any atom is 0.227 e. The monoisotopic (exact) mass is 349 g/mol. The number of benzene rings is 1. The molecule has 1 aromatic heterocycles. The number of aromatic nitrogens is 2. The lowest BCUT2D eigenvalue weighted by Gasteiger charge is -2.21. The zero-order chi connectivity index (χ0) is 18.4. The molecule has 2 N–H and O–H groups in total. The van der Waals surface area contributed by atoms with E-state index in [4.69, 9.17) is 9.63 Å². The number of hydrogen-bond donors (Lipinski definition) is 2. The summed E-state index contributed by atoms with van der Waals surface area (Å²) in [5.41, 5.74) is 1.08. The largest absolute Gasteiger partial charge is 0.396 e. The fourth-order valence-electron chi connectivity index (χ4n) is 2.42. The van der Waals surface area contributed by atoms with E-state index in [9.17, 15) is 9.18 Å². The third-order valence-electron chi connectivity index (χ3n) is 4.06. The van der Waals surface area contributed by atoms with Gasteiger partial charge in [-0.05, 0) is 30.9 Å². The summed E-state index contributed by atoms with van der Waals surface area (Å²) in [5.74, 6) is 0.409. The van der Waals surface area contributed by atoms with Crippen molar-refractivity contribution in [2.24, 2.45) is 5.92 Å². The third-order valence-corrected chi connectivity index (χ3v) is 4.06. The van der Waals surface area contributed by atoms with Crippen molar-refractivity contribution in [1.29, 1.82) is 0 Å². The predicted octanol–water partition coefficient (Wildman–Crippen LogP) is 2.64. The zero-order valence-electron chi connectivity index (χ0n) is 14.8. The Labute approximate surface area is 146 Å². The molecule has 1 amide bonds. The summed E-state index contributed by atoms with van der Waals surface area (Å²) >= 11 is 0. The Kier molecular flexibility index (Phi) is 6.64. The molecular formula is C18H24FN3O3. The van der Waals surface area contributed by atoms with Gasteiger partial charge in [0.05, 0.1) is 0 Å². The van der Waals surface area contributed by atoms with E-state index >= 15 is 0 Å². The van der Waals surface area contributed by atoms with Crippen molar-refractivity contribution in [2.45, 2.75) is 46.1 Å². The van der Waals surface area contributed by atoms with Crippen molar-refractivity contribution >= 4 is 5.91 Å². The van der Waals surface area contributed by atoms with Crippen molar-refractivity contribution in [2.75, 3.05) is 6.61 Å². The van der Waals surface area contributed by atoms with Crippen LogP contribution < -0.4 is 5.32 Å². The molecule has 6 nitrogen and oxygen atoms in total. The quantitative estimate of drug-likeness (QED) is 0.765. The molecule has 0 bridgehead atoms. The van der Waals surface area contributed by atoms with E-state index in [2.05, 4.69) is 15.5 Å². The van der Waals surface area contributed by atoms with Crippen molar-refractivity contribution in [3.63, 3.8) is 0 Å². The topological polar surface area (TPSA) is 88.2 Å². The Bertz CT molecular complexity index is 715. The first-order chi connectivity index (χ1) is 11.9. The molecule has 0 aliphatic carbocycles. The van der Waals surface area contributed by atoms with Gasteiger partial charge in [0.15, 0.2) is 0 Å². The van der Waals surface area contributed by atoms with Gasteiger partial charge < -0.3 is 14.9 Å². The normalized spacial score (nSPS) is 12.4. The molecule has 0 aliphatic heterocycles. The van der Waals surface area contributed by atoms with Crippen LogP contribution in [-0.2, 0) is 11.2 Å². The lowest BCUT2D eigenvalue weighted by molar-refractivity contribution is -0.122. The van der Waals surface area contributed by atoms with Crippen molar-refractivity contribution < 1.29 is 18.8 Å². The molecule has 1 heterocycles. The predicted molar refractivity (Wildman–Crippen MR) is 91.2 cm³/mol. The second-order valence-electron chi connectivity index (χ2n) is 6.41. The molecule has 1 atom stereocenters. The zero-order valence-corrected chi connectivity index (χ0v) is 14.8. The van der Waals surface area contributed by atoms with Crippen molar-refractivity contribution in [3.05, 3.63) is 35.5 Å². The van der Waals surface area contributed by atoms with E-state index in [1.165, 1.54) is 6.07 Å². The molecule has 0 radical (unpaired) electrons. The van der Waals surface area contributed by atoms with E-state index in [0.717, 1.165) is 0 Å². The second-order valence-corrected chi connectivity index (χ2v) is 6.41. The average molecular weight is 349 g/mol. The van der Waals surface area contributed by atoms with Gasteiger partial charge in [0.2, 0.25) is 17.6 Å². The molecule has 0 saturated carbocycles. The van der Waals surface area contributed by atoms with Gasteiger partial charge in [-0.25, -0.2) is 4.39 Å². The van der Waals surface area contributed by atoms with Crippen molar-refractivity contribution in [3.8, 4) is 11.4 Å². The van der Waals surface area contributed by atoms with Gasteiger partial charge in [0.1, 0.15) is 5.82 Å². The minimum absolute atomic E-state index is 0.0310. The maximum absolute atomic E-state index is 13.6. The fraction of sp³-hybridized carbons (Fsp3) is 0.500. The van der Waals surface area contributed by atoms with Crippen LogP contribution in [0.15, 0.2) is 22.7 Å². The van der Waals surface area contributed by atoms with Gasteiger partial charge in [-0.1, -0.05) is 31.1 Å². The second kappa shape index (κ2) is 8.71. The van der Waals surface area contributed by atoms with Gasteiger partial charge in [-0.15, -0.1) is 0 Å². The number of rotatable bonds is 8.